The molecule has 20 heavy (non-hydrogen) atoms. The highest BCUT2D eigenvalue weighted by atomic mass is 16.7. The minimum Gasteiger partial charge on any atom is -0.463 e. The molecule has 6 atom stereocenters. The monoisotopic (exact) mass is 296 g/mol. The van der Waals surface area contributed by atoms with Crippen LogP contribution >= 0.6 is 0 Å². The Morgan fingerprint density at radius 1 is 1.20 bits per heavy atom. The molecule has 1 heterocycles. The molecule has 0 unspecified atom stereocenters. The number of hydrogen-bond donors (Lipinski definition) is 5. The number of aliphatic hydroxyl groups is 5. The number of esters is 1. The summed E-state index contributed by atoms with van der Waals surface area (Å²) in [5.41, 5.74) is 0. The van der Waals surface area contributed by atoms with Gasteiger partial charge in [0, 0.05) is 6.92 Å². The summed E-state index contributed by atoms with van der Waals surface area (Å²) >= 11 is 0. The average Bonchev–Trinajstić information content (AvgIpc) is 2.43. The van der Waals surface area contributed by atoms with Crippen LogP contribution in [0.5, 0.6) is 0 Å². The standard InChI is InChI=1S/C11H20O9/c1-5(14)18-4-6(2-12)19-11-10(17)9(16)8(15)7(3-13)20-11/h6-13,15-17H,2-4H2,1H3/t6-,7-,8-,9+,10-,11-/m1/s1. The maximum atomic E-state index is 10.7. The molecule has 9 heteroatoms. The Balaban J connectivity index is 2.61. The van der Waals surface area contributed by atoms with Gasteiger partial charge in [-0.3, -0.25) is 4.79 Å². The van der Waals surface area contributed by atoms with E-state index in [0.717, 1.165) is 0 Å². The van der Waals surface area contributed by atoms with Crippen molar-refractivity contribution in [3.05, 3.63) is 0 Å². The molecule has 0 spiro atoms. The molecular weight excluding hydrogens is 276 g/mol. The summed E-state index contributed by atoms with van der Waals surface area (Å²) in [6.45, 7) is -0.177. The minimum atomic E-state index is -1.57. The summed E-state index contributed by atoms with van der Waals surface area (Å²) in [6.07, 6.45) is -8.08. The van der Waals surface area contributed by atoms with Crippen molar-refractivity contribution in [2.75, 3.05) is 19.8 Å². The van der Waals surface area contributed by atoms with Gasteiger partial charge in [-0.25, -0.2) is 0 Å². The number of ether oxygens (including phenoxy) is 3. The third-order valence-corrected chi connectivity index (χ3v) is 2.85. The Kier molecular flexibility index (Phi) is 6.76. The molecule has 1 fully saturated rings. The van der Waals surface area contributed by atoms with E-state index in [2.05, 4.69) is 4.74 Å². The third-order valence-electron chi connectivity index (χ3n) is 2.85. The quantitative estimate of drug-likeness (QED) is 0.318. The van der Waals surface area contributed by atoms with Gasteiger partial charge in [0.25, 0.3) is 0 Å². The van der Waals surface area contributed by atoms with Crippen molar-refractivity contribution in [1.29, 1.82) is 0 Å². The van der Waals surface area contributed by atoms with Crippen molar-refractivity contribution >= 4 is 5.97 Å². The molecule has 1 aliphatic rings. The molecule has 0 aromatic carbocycles. The fraction of sp³-hybridized carbons (Fsp3) is 0.909. The highest BCUT2D eigenvalue weighted by molar-refractivity contribution is 5.65. The molecule has 1 aliphatic heterocycles. The molecule has 0 radical (unpaired) electrons. The Hall–Kier alpha value is -0.810. The molecule has 5 N–H and O–H groups in total. The van der Waals surface area contributed by atoms with Crippen LogP contribution in [0, 0.1) is 0 Å². The van der Waals surface area contributed by atoms with Gasteiger partial charge in [0.2, 0.25) is 0 Å². The largest absolute Gasteiger partial charge is 0.463 e. The summed E-state index contributed by atoms with van der Waals surface area (Å²) in [4.78, 5) is 10.7. The van der Waals surface area contributed by atoms with Crippen molar-refractivity contribution in [3.63, 3.8) is 0 Å². The average molecular weight is 296 g/mol. The predicted molar refractivity (Wildman–Crippen MR) is 62.4 cm³/mol. The van der Waals surface area contributed by atoms with E-state index < -0.39 is 56.0 Å². The number of rotatable bonds is 6. The molecule has 0 amide bonds. The van der Waals surface area contributed by atoms with Gasteiger partial charge in [0.15, 0.2) is 6.29 Å². The van der Waals surface area contributed by atoms with Crippen molar-refractivity contribution in [2.45, 2.75) is 43.7 Å². The number of carbonyl (C=O) groups excluding carboxylic acids is 1. The molecule has 1 rings (SSSR count). The van der Waals surface area contributed by atoms with E-state index in [0.29, 0.717) is 0 Å². The van der Waals surface area contributed by atoms with Gasteiger partial charge < -0.3 is 39.7 Å². The second-order valence-electron chi connectivity index (χ2n) is 4.44. The lowest BCUT2D eigenvalue weighted by atomic mass is 9.99. The SMILES string of the molecule is CC(=O)OC[C@@H](CO)O[C@@H]1O[C@H](CO)[C@@H](O)[C@H](O)[C@H]1O. The maximum absolute atomic E-state index is 10.7. The first-order valence-electron chi connectivity index (χ1n) is 6.10. The Morgan fingerprint density at radius 2 is 1.85 bits per heavy atom. The van der Waals surface area contributed by atoms with Crippen molar-refractivity contribution in [1.82, 2.24) is 0 Å². The van der Waals surface area contributed by atoms with E-state index in [1.807, 2.05) is 0 Å². The lowest BCUT2D eigenvalue weighted by Crippen LogP contribution is -2.60. The second-order valence-corrected chi connectivity index (χ2v) is 4.44. The summed E-state index contributed by atoms with van der Waals surface area (Å²) < 4.78 is 14.9. The summed E-state index contributed by atoms with van der Waals surface area (Å²) in [5.74, 6) is -0.569. The molecular formula is C11H20O9. The van der Waals surface area contributed by atoms with Gasteiger partial charge in [-0.1, -0.05) is 0 Å². The zero-order chi connectivity index (χ0) is 15.3. The molecule has 1 saturated heterocycles. The first kappa shape index (κ1) is 17.2. The fourth-order valence-electron chi connectivity index (χ4n) is 1.71. The first-order valence-corrected chi connectivity index (χ1v) is 6.10. The third kappa shape index (κ3) is 4.35. The molecule has 0 aromatic rings. The van der Waals surface area contributed by atoms with Crippen molar-refractivity contribution in [2.24, 2.45) is 0 Å². The van der Waals surface area contributed by atoms with Crippen LogP contribution in [-0.2, 0) is 19.0 Å². The van der Waals surface area contributed by atoms with E-state index in [1.165, 1.54) is 6.92 Å². The molecule has 9 nitrogen and oxygen atoms in total. The number of carbonyl (C=O) groups is 1. The number of hydrogen-bond acceptors (Lipinski definition) is 9. The maximum Gasteiger partial charge on any atom is 0.302 e. The lowest BCUT2D eigenvalue weighted by molar-refractivity contribution is -0.315. The van der Waals surface area contributed by atoms with Crippen LogP contribution in [0.25, 0.3) is 0 Å². The predicted octanol–water partition coefficient (Wildman–Crippen LogP) is -3.27. The summed E-state index contributed by atoms with van der Waals surface area (Å²) in [6, 6.07) is 0. The topological polar surface area (TPSA) is 146 Å². The molecule has 118 valence electrons. The van der Waals surface area contributed by atoms with E-state index in [1.54, 1.807) is 0 Å². The Labute approximate surface area is 115 Å². The van der Waals surface area contributed by atoms with Crippen LogP contribution < -0.4 is 0 Å². The van der Waals surface area contributed by atoms with E-state index in [9.17, 15) is 20.1 Å². The highest BCUT2D eigenvalue weighted by Crippen LogP contribution is 2.22. The molecule has 0 aromatic heterocycles. The van der Waals surface area contributed by atoms with Gasteiger partial charge in [-0.05, 0) is 0 Å². The van der Waals surface area contributed by atoms with Gasteiger partial charge in [0.05, 0.1) is 13.2 Å². The van der Waals surface area contributed by atoms with Gasteiger partial charge in [-0.2, -0.15) is 0 Å². The van der Waals surface area contributed by atoms with Crippen LogP contribution in [-0.4, -0.2) is 88.1 Å². The lowest BCUT2D eigenvalue weighted by Gasteiger charge is -2.40. The van der Waals surface area contributed by atoms with Gasteiger partial charge in [-0.15, -0.1) is 0 Å². The Morgan fingerprint density at radius 3 is 2.35 bits per heavy atom. The van der Waals surface area contributed by atoms with Crippen LogP contribution in [0.4, 0.5) is 0 Å². The second kappa shape index (κ2) is 7.84. The summed E-state index contributed by atoms with van der Waals surface area (Å²) in [7, 11) is 0. The fourth-order valence-corrected chi connectivity index (χ4v) is 1.71. The van der Waals surface area contributed by atoms with Crippen LogP contribution in [0.1, 0.15) is 6.92 Å². The molecule has 0 saturated carbocycles. The highest BCUT2D eigenvalue weighted by Gasteiger charge is 2.44. The van der Waals surface area contributed by atoms with E-state index in [-0.39, 0.29) is 6.61 Å². The van der Waals surface area contributed by atoms with E-state index >= 15 is 0 Å². The summed E-state index contributed by atoms with van der Waals surface area (Å²) in [5, 5.41) is 46.9. The van der Waals surface area contributed by atoms with Gasteiger partial charge >= 0.3 is 5.97 Å². The van der Waals surface area contributed by atoms with Gasteiger partial charge in [0.1, 0.15) is 37.1 Å². The normalized spacial score (nSPS) is 35.6. The van der Waals surface area contributed by atoms with Crippen LogP contribution in [0.2, 0.25) is 0 Å². The number of aliphatic hydroxyl groups excluding tert-OH is 5. The minimum absolute atomic E-state index is 0.263. The zero-order valence-electron chi connectivity index (χ0n) is 11.0. The van der Waals surface area contributed by atoms with Crippen LogP contribution in [0.3, 0.4) is 0 Å². The molecule has 0 bridgehead atoms. The van der Waals surface area contributed by atoms with Crippen LogP contribution in [0.15, 0.2) is 0 Å². The first-order chi connectivity index (χ1) is 9.40. The smallest absolute Gasteiger partial charge is 0.302 e. The Bertz CT molecular complexity index is 308. The zero-order valence-corrected chi connectivity index (χ0v) is 11.0. The van der Waals surface area contributed by atoms with Crippen molar-refractivity contribution < 1.29 is 44.5 Å². The molecule has 0 aliphatic carbocycles. The van der Waals surface area contributed by atoms with Crippen molar-refractivity contribution in [3.8, 4) is 0 Å². The van der Waals surface area contributed by atoms with E-state index in [4.69, 9.17) is 19.7 Å².